The van der Waals surface area contributed by atoms with Crippen molar-refractivity contribution in [2.24, 2.45) is 11.5 Å². The van der Waals surface area contributed by atoms with Crippen molar-refractivity contribution in [1.29, 1.82) is 5.41 Å². The van der Waals surface area contributed by atoms with E-state index in [9.17, 15) is 13.2 Å². The maximum atomic E-state index is 10.6. The van der Waals surface area contributed by atoms with Gasteiger partial charge in [-0.3, -0.25) is 10.4 Å². The number of alkyl halides is 3. The Labute approximate surface area is 204 Å². The monoisotopic (exact) mass is 499 g/mol. The fourth-order valence-corrected chi connectivity index (χ4v) is 3.34. The van der Waals surface area contributed by atoms with Crippen LogP contribution in [0.5, 0.6) is 5.75 Å². The van der Waals surface area contributed by atoms with E-state index < -0.39 is 12.1 Å². The minimum atomic E-state index is -5.08. The van der Waals surface area contributed by atoms with Crippen LogP contribution in [0.2, 0.25) is 0 Å². The standard InChI is InChI=1S/C23H23N5O.C2HF3O2/c24-19(9-18-12-28-22-4-2-1-3-21(18)22)14-29-20-10-17(11-27-13-20)15-5-7-16(8-6-15)23(25)26;3-2(4,5)1(6)7/h1-8,10-13,19,28H,9,14,24H2,(H3,25,26);(H,6,7)/t19-;/m0./s1. The highest BCUT2D eigenvalue weighted by Gasteiger charge is 2.38. The predicted octanol–water partition coefficient (Wildman–Crippen LogP) is 4.10. The summed E-state index contributed by atoms with van der Waals surface area (Å²) in [5.41, 5.74) is 16.7. The third-order valence-corrected chi connectivity index (χ3v) is 5.11. The van der Waals surface area contributed by atoms with Crippen LogP contribution in [0, 0.1) is 5.41 Å². The molecule has 4 rings (SSSR count). The smallest absolute Gasteiger partial charge is 0.490 e. The third-order valence-electron chi connectivity index (χ3n) is 5.11. The van der Waals surface area contributed by atoms with Gasteiger partial charge in [-0.1, -0.05) is 42.5 Å². The maximum Gasteiger partial charge on any atom is 0.490 e. The van der Waals surface area contributed by atoms with Crippen molar-refractivity contribution < 1.29 is 27.8 Å². The zero-order valence-corrected chi connectivity index (χ0v) is 18.9. The van der Waals surface area contributed by atoms with Gasteiger partial charge in [0.15, 0.2) is 0 Å². The normalized spacial score (nSPS) is 11.9. The molecule has 7 N–H and O–H groups in total. The Morgan fingerprint density at radius 3 is 2.42 bits per heavy atom. The van der Waals surface area contributed by atoms with Crippen LogP contribution in [0.1, 0.15) is 11.1 Å². The van der Waals surface area contributed by atoms with E-state index in [-0.39, 0.29) is 11.9 Å². The summed E-state index contributed by atoms with van der Waals surface area (Å²) in [7, 11) is 0. The molecule has 0 radical (unpaired) electrons. The van der Waals surface area contributed by atoms with Crippen LogP contribution in [0.3, 0.4) is 0 Å². The van der Waals surface area contributed by atoms with Crippen molar-refractivity contribution in [2.45, 2.75) is 18.6 Å². The van der Waals surface area contributed by atoms with Crippen molar-refractivity contribution in [3.8, 4) is 16.9 Å². The van der Waals surface area contributed by atoms with E-state index in [1.807, 2.05) is 48.7 Å². The molecule has 0 saturated heterocycles. The van der Waals surface area contributed by atoms with Crippen molar-refractivity contribution in [1.82, 2.24) is 9.97 Å². The quantitative estimate of drug-likeness (QED) is 0.191. The molecule has 2 aromatic heterocycles. The zero-order chi connectivity index (χ0) is 26.3. The molecule has 2 aromatic carbocycles. The van der Waals surface area contributed by atoms with Gasteiger partial charge in [0.2, 0.25) is 0 Å². The van der Waals surface area contributed by atoms with Gasteiger partial charge >= 0.3 is 12.1 Å². The van der Waals surface area contributed by atoms with E-state index >= 15 is 0 Å². The molecular weight excluding hydrogens is 475 g/mol. The molecule has 11 heteroatoms. The Hall–Kier alpha value is -4.38. The molecule has 0 saturated carbocycles. The van der Waals surface area contributed by atoms with E-state index in [1.54, 1.807) is 12.4 Å². The highest BCUT2D eigenvalue weighted by Crippen LogP contribution is 2.24. The van der Waals surface area contributed by atoms with Gasteiger partial charge in [-0.05, 0) is 29.7 Å². The molecular formula is C25H24F3N5O3. The second-order valence-electron chi connectivity index (χ2n) is 7.84. The van der Waals surface area contributed by atoms with Crippen LogP contribution in [-0.2, 0) is 11.2 Å². The Kier molecular flexibility index (Phi) is 8.28. The van der Waals surface area contributed by atoms with Gasteiger partial charge in [0, 0.05) is 40.5 Å². The summed E-state index contributed by atoms with van der Waals surface area (Å²) in [6, 6.07) is 17.5. The van der Waals surface area contributed by atoms with E-state index in [0.29, 0.717) is 17.9 Å². The van der Waals surface area contributed by atoms with Crippen molar-refractivity contribution in [2.75, 3.05) is 6.61 Å². The number of H-pyrrole nitrogens is 1. The van der Waals surface area contributed by atoms with Crippen molar-refractivity contribution in [3.05, 3.63) is 84.3 Å². The number of nitrogen functional groups attached to an aromatic ring is 1. The first-order chi connectivity index (χ1) is 17.0. The number of amidine groups is 1. The number of para-hydroxylation sites is 1. The number of halogens is 3. The molecule has 0 bridgehead atoms. The number of rotatable bonds is 7. The van der Waals surface area contributed by atoms with Gasteiger partial charge in [0.1, 0.15) is 18.2 Å². The molecule has 1 atom stereocenters. The van der Waals surface area contributed by atoms with Gasteiger partial charge in [-0.15, -0.1) is 0 Å². The number of hydrogen-bond donors (Lipinski definition) is 5. The number of ether oxygens (including phenoxy) is 1. The fraction of sp³-hybridized carbons (Fsp3) is 0.160. The number of nitrogens with two attached hydrogens (primary N) is 2. The Balaban J connectivity index is 0.000000454. The van der Waals surface area contributed by atoms with Gasteiger partial charge < -0.3 is 26.3 Å². The van der Waals surface area contributed by atoms with E-state index in [4.69, 9.17) is 31.5 Å². The summed E-state index contributed by atoms with van der Waals surface area (Å²) >= 11 is 0. The van der Waals surface area contributed by atoms with E-state index in [2.05, 4.69) is 22.1 Å². The number of hydrogen-bond acceptors (Lipinski definition) is 5. The number of aliphatic carboxylic acids is 1. The lowest BCUT2D eigenvalue weighted by Gasteiger charge is -2.13. The van der Waals surface area contributed by atoms with Gasteiger partial charge in [-0.25, -0.2) is 4.79 Å². The van der Waals surface area contributed by atoms with E-state index in [1.165, 1.54) is 10.9 Å². The number of aromatic amines is 1. The number of nitrogens with zero attached hydrogens (tertiary/aromatic N) is 1. The summed E-state index contributed by atoms with van der Waals surface area (Å²) in [6.45, 7) is 0.397. The zero-order valence-electron chi connectivity index (χ0n) is 18.9. The number of fused-ring (bicyclic) bond motifs is 1. The topological polar surface area (TPSA) is 151 Å². The van der Waals surface area contributed by atoms with Crippen LogP contribution >= 0.6 is 0 Å². The SMILES string of the molecule is N=C(N)c1ccc(-c2cncc(OC[C@@H](N)Cc3c[nH]c4ccccc34)c2)cc1.O=C(O)C(F)(F)F. The molecule has 0 aliphatic heterocycles. The number of carboxylic acid groups (broad SMARTS) is 1. The van der Waals surface area contributed by atoms with Crippen molar-refractivity contribution in [3.63, 3.8) is 0 Å². The average Bonchev–Trinajstić information content (AvgIpc) is 3.25. The van der Waals surface area contributed by atoms with Crippen LogP contribution in [0.15, 0.2) is 73.2 Å². The predicted molar refractivity (Wildman–Crippen MR) is 130 cm³/mol. The maximum absolute atomic E-state index is 10.6. The van der Waals surface area contributed by atoms with Crippen LogP contribution < -0.4 is 16.2 Å². The molecule has 0 unspecified atom stereocenters. The lowest BCUT2D eigenvalue weighted by atomic mass is 10.1. The number of carbonyl (C=O) groups is 1. The molecule has 2 heterocycles. The average molecular weight is 499 g/mol. The van der Waals surface area contributed by atoms with Crippen molar-refractivity contribution >= 4 is 22.7 Å². The molecule has 0 amide bonds. The van der Waals surface area contributed by atoms with Crippen LogP contribution in [-0.4, -0.2) is 45.7 Å². The second kappa shape index (κ2) is 11.4. The van der Waals surface area contributed by atoms with Crippen LogP contribution in [0.4, 0.5) is 13.2 Å². The Bertz CT molecular complexity index is 1340. The van der Waals surface area contributed by atoms with Crippen LogP contribution in [0.25, 0.3) is 22.0 Å². The summed E-state index contributed by atoms with van der Waals surface area (Å²) in [5, 5.41) is 15.8. The summed E-state index contributed by atoms with van der Waals surface area (Å²) in [6.07, 6.45) is 1.12. The highest BCUT2D eigenvalue weighted by molar-refractivity contribution is 5.95. The Morgan fingerprint density at radius 1 is 1.11 bits per heavy atom. The lowest BCUT2D eigenvalue weighted by Crippen LogP contribution is -2.30. The summed E-state index contributed by atoms with van der Waals surface area (Å²) in [4.78, 5) is 16.4. The number of nitrogens with one attached hydrogen (secondary N) is 2. The summed E-state index contributed by atoms with van der Waals surface area (Å²) in [5.74, 6) is -2.03. The lowest BCUT2D eigenvalue weighted by molar-refractivity contribution is -0.192. The first-order valence-electron chi connectivity index (χ1n) is 10.7. The molecule has 8 nitrogen and oxygen atoms in total. The third kappa shape index (κ3) is 7.06. The first kappa shape index (κ1) is 26.2. The molecule has 0 aliphatic carbocycles. The molecule has 188 valence electrons. The molecule has 0 spiro atoms. The minimum absolute atomic E-state index is 0.0518. The minimum Gasteiger partial charge on any atom is -0.490 e. The number of benzene rings is 2. The van der Waals surface area contributed by atoms with Gasteiger partial charge in [0.25, 0.3) is 0 Å². The van der Waals surface area contributed by atoms with E-state index in [0.717, 1.165) is 23.1 Å². The number of carboxylic acids is 1. The van der Waals surface area contributed by atoms with Gasteiger partial charge in [0.05, 0.1) is 6.20 Å². The largest absolute Gasteiger partial charge is 0.490 e. The molecule has 0 aliphatic rings. The number of pyridine rings is 1. The Morgan fingerprint density at radius 2 is 1.78 bits per heavy atom. The fourth-order valence-electron chi connectivity index (χ4n) is 3.34. The highest BCUT2D eigenvalue weighted by atomic mass is 19.4. The molecule has 0 fully saturated rings. The molecule has 4 aromatic rings. The number of aromatic nitrogens is 2. The first-order valence-corrected chi connectivity index (χ1v) is 10.7. The summed E-state index contributed by atoms with van der Waals surface area (Å²) < 4.78 is 37.6. The molecule has 36 heavy (non-hydrogen) atoms. The second-order valence-corrected chi connectivity index (χ2v) is 7.84. The van der Waals surface area contributed by atoms with Gasteiger partial charge in [-0.2, -0.15) is 13.2 Å².